The summed E-state index contributed by atoms with van der Waals surface area (Å²) in [6.07, 6.45) is -1.71. The molecule has 2 heterocycles. The Morgan fingerprint density at radius 3 is 2.53 bits per heavy atom. The Bertz CT molecular complexity index is 1280. The number of amides is 2. The molecule has 1 aliphatic carbocycles. The molecule has 180 valence electrons. The van der Waals surface area contributed by atoms with Crippen LogP contribution in [-0.2, 0) is 25.6 Å². The number of benzene rings is 1. The maximum absolute atomic E-state index is 13.9. The average molecular weight is 495 g/mol. The molecule has 1 aromatic heterocycles. The Morgan fingerprint density at radius 1 is 1.29 bits per heavy atom. The fraction of sp³-hybridized carbons (Fsp3) is 0.429. The lowest BCUT2D eigenvalue weighted by Gasteiger charge is -2.23. The fourth-order valence-corrected chi connectivity index (χ4v) is 5.95. The van der Waals surface area contributed by atoms with Crippen LogP contribution in [0.2, 0.25) is 0 Å². The standard InChI is InChI=1S/C21H20F3N5O4S/c1-13(30)28-11-15(10-17(28)19(31)27-20(12-25)5-6-20)34(32,33)18-4-3-14(29-8-2-7-26-29)9-16(18)21(22,23)24/h2-4,7-9,15,17H,5-6,10-11H2,1H3,(H,27,31). The molecule has 0 spiro atoms. The molecule has 0 radical (unpaired) electrons. The SMILES string of the molecule is CC(=O)N1CC(S(=O)(=O)c2ccc(-n3cccn3)cc2C(F)(F)F)CC1C(=O)NC1(C#N)CC1. The quantitative estimate of drug-likeness (QED) is 0.675. The highest BCUT2D eigenvalue weighted by molar-refractivity contribution is 7.92. The molecule has 2 aromatic rings. The van der Waals surface area contributed by atoms with Crippen molar-refractivity contribution in [1.82, 2.24) is 20.0 Å². The van der Waals surface area contributed by atoms with Crippen LogP contribution in [0.4, 0.5) is 13.2 Å². The minimum atomic E-state index is -4.98. The van der Waals surface area contributed by atoms with Crippen LogP contribution in [0, 0.1) is 11.3 Å². The summed E-state index contributed by atoms with van der Waals surface area (Å²) in [5.74, 6) is -1.29. The van der Waals surface area contributed by atoms with Crippen LogP contribution < -0.4 is 5.32 Å². The van der Waals surface area contributed by atoms with E-state index in [9.17, 15) is 36.4 Å². The molecular weight excluding hydrogens is 475 g/mol. The van der Waals surface area contributed by atoms with Gasteiger partial charge in [-0.25, -0.2) is 13.1 Å². The van der Waals surface area contributed by atoms with Gasteiger partial charge in [0.25, 0.3) is 0 Å². The third-order valence-electron chi connectivity index (χ3n) is 6.08. The third-order valence-corrected chi connectivity index (χ3v) is 8.27. The number of sulfone groups is 1. The van der Waals surface area contributed by atoms with Crippen LogP contribution in [0.1, 0.15) is 31.7 Å². The van der Waals surface area contributed by atoms with Gasteiger partial charge in [-0.15, -0.1) is 0 Å². The summed E-state index contributed by atoms with van der Waals surface area (Å²) in [6.45, 7) is 0.708. The average Bonchev–Trinajstić information content (AvgIpc) is 3.19. The molecule has 2 atom stereocenters. The molecule has 9 nitrogen and oxygen atoms in total. The van der Waals surface area contributed by atoms with Gasteiger partial charge >= 0.3 is 6.18 Å². The number of aromatic nitrogens is 2. The molecule has 1 saturated heterocycles. The lowest BCUT2D eigenvalue weighted by atomic mass is 10.1. The fourth-order valence-electron chi connectivity index (χ4n) is 4.06. The zero-order valence-corrected chi connectivity index (χ0v) is 18.7. The van der Waals surface area contributed by atoms with Gasteiger partial charge in [0, 0.05) is 25.9 Å². The summed E-state index contributed by atoms with van der Waals surface area (Å²) in [7, 11) is -4.59. The predicted molar refractivity (Wildman–Crippen MR) is 111 cm³/mol. The third kappa shape index (κ3) is 4.25. The molecule has 0 bridgehead atoms. The van der Waals surface area contributed by atoms with Gasteiger partial charge in [-0.05, 0) is 43.5 Å². The Labute approximate surface area is 193 Å². The van der Waals surface area contributed by atoms with E-state index in [-0.39, 0.29) is 12.1 Å². The van der Waals surface area contributed by atoms with Gasteiger partial charge in [-0.3, -0.25) is 9.59 Å². The van der Waals surface area contributed by atoms with Crippen molar-refractivity contribution in [2.24, 2.45) is 0 Å². The monoisotopic (exact) mass is 495 g/mol. The van der Waals surface area contributed by atoms with Gasteiger partial charge in [0.05, 0.1) is 27.5 Å². The number of halogens is 3. The Morgan fingerprint density at radius 2 is 2.00 bits per heavy atom. The molecule has 4 rings (SSSR count). The van der Waals surface area contributed by atoms with Crippen molar-refractivity contribution in [3.8, 4) is 11.8 Å². The maximum Gasteiger partial charge on any atom is 0.417 e. The molecule has 13 heteroatoms. The maximum atomic E-state index is 13.9. The first-order valence-electron chi connectivity index (χ1n) is 10.3. The number of nitrogens with zero attached hydrogens (tertiary/aromatic N) is 4. The first-order chi connectivity index (χ1) is 15.9. The van der Waals surface area contributed by atoms with E-state index in [1.54, 1.807) is 0 Å². The number of nitriles is 1. The summed E-state index contributed by atoms with van der Waals surface area (Å²) in [5, 5.41) is 14.2. The molecule has 2 unspecified atom stereocenters. The van der Waals surface area contributed by atoms with E-state index in [1.165, 1.54) is 29.2 Å². The molecule has 1 aromatic carbocycles. The lowest BCUT2D eigenvalue weighted by molar-refractivity contribution is -0.140. The second-order valence-electron chi connectivity index (χ2n) is 8.40. The summed E-state index contributed by atoms with van der Waals surface area (Å²) in [4.78, 5) is 25.0. The number of carbonyl (C=O) groups excluding carboxylic acids is 2. The highest BCUT2D eigenvalue weighted by Gasteiger charge is 2.50. The van der Waals surface area contributed by atoms with Crippen LogP contribution in [0.5, 0.6) is 0 Å². The van der Waals surface area contributed by atoms with Gasteiger partial charge in [0.2, 0.25) is 11.8 Å². The van der Waals surface area contributed by atoms with Gasteiger partial charge in [-0.1, -0.05) is 0 Å². The number of hydrogen-bond donors (Lipinski definition) is 1. The molecule has 1 aliphatic heterocycles. The van der Waals surface area contributed by atoms with Crippen LogP contribution in [0.25, 0.3) is 5.69 Å². The van der Waals surface area contributed by atoms with E-state index in [2.05, 4.69) is 10.4 Å². The van der Waals surface area contributed by atoms with Gasteiger partial charge in [0.15, 0.2) is 9.84 Å². The summed E-state index contributed by atoms with van der Waals surface area (Å²) in [5.41, 5.74) is -2.37. The Kier molecular flexibility index (Phi) is 5.67. The number of alkyl halides is 3. The van der Waals surface area contributed by atoms with Crippen LogP contribution >= 0.6 is 0 Å². The first-order valence-corrected chi connectivity index (χ1v) is 11.9. The molecular formula is C21H20F3N5O4S. The number of carbonyl (C=O) groups is 2. The summed E-state index contributed by atoms with van der Waals surface area (Å²) < 4.78 is 69.5. The molecule has 1 N–H and O–H groups in total. The lowest BCUT2D eigenvalue weighted by Crippen LogP contribution is -2.48. The van der Waals surface area contributed by atoms with Crippen LogP contribution in [0.3, 0.4) is 0 Å². The predicted octanol–water partition coefficient (Wildman–Crippen LogP) is 1.83. The summed E-state index contributed by atoms with van der Waals surface area (Å²) in [6, 6.07) is 5.06. The zero-order valence-electron chi connectivity index (χ0n) is 17.9. The normalized spacial score (nSPS) is 21.7. The second-order valence-corrected chi connectivity index (χ2v) is 10.6. The van der Waals surface area contributed by atoms with Crippen LogP contribution in [-0.4, -0.2) is 58.3 Å². The van der Waals surface area contributed by atoms with E-state index >= 15 is 0 Å². The van der Waals surface area contributed by atoms with Crippen molar-refractivity contribution >= 4 is 21.7 Å². The molecule has 2 fully saturated rings. The van der Waals surface area contributed by atoms with E-state index < -0.39 is 61.7 Å². The molecule has 2 amide bonds. The number of hydrogen-bond acceptors (Lipinski definition) is 6. The Balaban J connectivity index is 1.68. The van der Waals surface area contributed by atoms with Crippen molar-refractivity contribution in [1.29, 1.82) is 5.26 Å². The van der Waals surface area contributed by atoms with Gasteiger partial charge in [0.1, 0.15) is 11.6 Å². The summed E-state index contributed by atoms with van der Waals surface area (Å²) >= 11 is 0. The van der Waals surface area contributed by atoms with E-state index in [4.69, 9.17) is 0 Å². The van der Waals surface area contributed by atoms with Gasteiger partial charge in [-0.2, -0.15) is 23.5 Å². The first kappa shape index (κ1) is 23.7. The van der Waals surface area contributed by atoms with Crippen molar-refractivity contribution in [2.45, 2.75) is 54.1 Å². The zero-order chi connectivity index (χ0) is 24.9. The Hall–Kier alpha value is -3.40. The van der Waals surface area contributed by atoms with Crippen molar-refractivity contribution in [3.05, 3.63) is 42.2 Å². The minimum absolute atomic E-state index is 0.0246. The molecule has 2 aliphatic rings. The largest absolute Gasteiger partial charge is 0.417 e. The smallest absolute Gasteiger partial charge is 0.336 e. The number of nitrogens with one attached hydrogen (secondary N) is 1. The van der Waals surface area contributed by atoms with Crippen molar-refractivity contribution in [3.63, 3.8) is 0 Å². The van der Waals surface area contributed by atoms with Crippen molar-refractivity contribution < 1.29 is 31.2 Å². The van der Waals surface area contributed by atoms with E-state index in [0.717, 1.165) is 17.9 Å². The van der Waals surface area contributed by atoms with Crippen molar-refractivity contribution in [2.75, 3.05) is 6.54 Å². The van der Waals surface area contributed by atoms with E-state index in [0.29, 0.717) is 18.9 Å². The van der Waals surface area contributed by atoms with Gasteiger partial charge < -0.3 is 10.2 Å². The highest BCUT2D eigenvalue weighted by Crippen LogP contribution is 2.39. The minimum Gasteiger partial charge on any atom is -0.336 e. The second kappa shape index (κ2) is 8.12. The van der Waals surface area contributed by atoms with Crippen LogP contribution in [0.15, 0.2) is 41.6 Å². The topological polar surface area (TPSA) is 125 Å². The molecule has 34 heavy (non-hydrogen) atoms. The molecule has 1 saturated carbocycles. The number of rotatable bonds is 5. The number of likely N-dealkylation sites (tertiary alicyclic amines) is 1. The van der Waals surface area contributed by atoms with E-state index in [1.807, 2.05) is 6.07 Å². The highest BCUT2D eigenvalue weighted by atomic mass is 32.2.